The van der Waals surface area contributed by atoms with Crippen LogP contribution in [0.2, 0.25) is 0 Å². The summed E-state index contributed by atoms with van der Waals surface area (Å²) in [7, 11) is 0. The molecular weight excluding hydrogens is 919 g/mol. The summed E-state index contributed by atoms with van der Waals surface area (Å²) in [4.78, 5) is 13.2. The van der Waals surface area contributed by atoms with Crippen molar-refractivity contribution < 1.29 is 64.6 Å². The first-order chi connectivity index (χ1) is 35.1. The van der Waals surface area contributed by atoms with Crippen molar-refractivity contribution in [3.63, 3.8) is 0 Å². The lowest BCUT2D eigenvalue weighted by molar-refractivity contribution is -0.359. The maximum atomic E-state index is 13.2. The number of allylic oxidation sites excluding steroid dienone is 5. The predicted octanol–water partition coefficient (Wildman–Crippen LogP) is 9.44. The number of aliphatic hydroxyl groups is 8. The zero-order valence-electron chi connectivity index (χ0n) is 45.2. The minimum absolute atomic E-state index is 0.260. The predicted molar refractivity (Wildman–Crippen MR) is 286 cm³/mol. The van der Waals surface area contributed by atoms with Gasteiger partial charge in [-0.15, -0.1) is 0 Å². The summed E-state index contributed by atoms with van der Waals surface area (Å²) >= 11 is 0. The van der Waals surface area contributed by atoms with E-state index >= 15 is 0 Å². The molecule has 2 aliphatic heterocycles. The third kappa shape index (κ3) is 30.1. The Morgan fingerprint density at radius 2 is 0.903 bits per heavy atom. The Morgan fingerprint density at radius 3 is 1.40 bits per heavy atom. The normalized spacial score (nSPS) is 25.8. The molecule has 2 aliphatic rings. The van der Waals surface area contributed by atoms with Gasteiger partial charge in [-0.2, -0.15) is 0 Å². The van der Waals surface area contributed by atoms with E-state index in [-0.39, 0.29) is 18.9 Å². The molecule has 0 bridgehead atoms. The highest BCUT2D eigenvalue weighted by Gasteiger charge is 2.51. The summed E-state index contributed by atoms with van der Waals surface area (Å²) in [5.41, 5.74) is 0. The Bertz CT molecular complexity index is 1350. The van der Waals surface area contributed by atoms with Crippen molar-refractivity contribution in [1.29, 1.82) is 0 Å². The molecule has 72 heavy (non-hydrogen) atoms. The molecule has 0 aromatic carbocycles. The van der Waals surface area contributed by atoms with Crippen LogP contribution in [0.4, 0.5) is 0 Å². The Labute approximate surface area is 436 Å². The largest absolute Gasteiger partial charge is 0.394 e. The van der Waals surface area contributed by atoms with Crippen molar-refractivity contribution in [2.24, 2.45) is 0 Å². The number of carbonyl (C=O) groups is 1. The van der Waals surface area contributed by atoms with Crippen LogP contribution in [0.15, 0.2) is 36.5 Å². The first-order valence-electron chi connectivity index (χ1n) is 29.2. The number of rotatable bonds is 46. The van der Waals surface area contributed by atoms with Crippen LogP contribution in [-0.2, 0) is 23.7 Å². The van der Waals surface area contributed by atoms with E-state index in [9.17, 15) is 45.6 Å². The fourth-order valence-electron chi connectivity index (χ4n) is 9.52. The van der Waals surface area contributed by atoms with E-state index in [0.29, 0.717) is 12.8 Å². The molecule has 0 saturated carbocycles. The molecule has 1 amide bonds. The van der Waals surface area contributed by atoms with E-state index < -0.39 is 86.8 Å². The topological polar surface area (TPSA) is 228 Å². The fraction of sp³-hybridized carbons (Fsp3) is 0.879. The Kier molecular flexibility index (Phi) is 40.9. The lowest BCUT2D eigenvalue weighted by Gasteiger charge is -2.46. The average Bonchev–Trinajstić information content (AvgIpc) is 3.38. The van der Waals surface area contributed by atoms with Crippen molar-refractivity contribution in [2.75, 3.05) is 19.8 Å². The van der Waals surface area contributed by atoms with Crippen molar-refractivity contribution in [1.82, 2.24) is 5.32 Å². The third-order valence-electron chi connectivity index (χ3n) is 14.3. The van der Waals surface area contributed by atoms with Crippen molar-refractivity contribution in [3.05, 3.63) is 36.5 Å². The van der Waals surface area contributed by atoms with Gasteiger partial charge in [-0.05, 0) is 51.4 Å². The number of hydrogen-bond acceptors (Lipinski definition) is 13. The van der Waals surface area contributed by atoms with Crippen LogP contribution < -0.4 is 5.32 Å². The summed E-state index contributed by atoms with van der Waals surface area (Å²) < 4.78 is 22.7. The van der Waals surface area contributed by atoms with Crippen LogP contribution in [0.25, 0.3) is 0 Å². The molecule has 0 radical (unpaired) electrons. The smallest absolute Gasteiger partial charge is 0.220 e. The molecule has 14 nitrogen and oxygen atoms in total. The molecule has 12 atom stereocenters. The first-order valence-corrected chi connectivity index (χ1v) is 29.2. The van der Waals surface area contributed by atoms with Gasteiger partial charge in [-0.3, -0.25) is 4.79 Å². The maximum Gasteiger partial charge on any atom is 0.220 e. The highest BCUT2D eigenvalue weighted by Crippen LogP contribution is 2.30. The fourth-order valence-corrected chi connectivity index (χ4v) is 9.52. The molecule has 9 N–H and O–H groups in total. The van der Waals surface area contributed by atoms with Gasteiger partial charge in [0.05, 0.1) is 32.0 Å². The highest BCUT2D eigenvalue weighted by atomic mass is 16.7. The van der Waals surface area contributed by atoms with Crippen molar-refractivity contribution >= 4 is 5.91 Å². The van der Waals surface area contributed by atoms with Gasteiger partial charge in [0.1, 0.15) is 48.8 Å². The van der Waals surface area contributed by atoms with Crippen LogP contribution in [0, 0.1) is 0 Å². The van der Waals surface area contributed by atoms with E-state index in [2.05, 4.69) is 43.5 Å². The highest BCUT2D eigenvalue weighted by molar-refractivity contribution is 5.76. The number of carbonyl (C=O) groups excluding carboxylic acids is 1. The number of hydrogen-bond donors (Lipinski definition) is 9. The molecule has 0 spiro atoms. The van der Waals surface area contributed by atoms with Crippen LogP contribution in [0.1, 0.15) is 232 Å². The van der Waals surface area contributed by atoms with Gasteiger partial charge in [0.2, 0.25) is 5.91 Å². The van der Waals surface area contributed by atoms with Crippen LogP contribution >= 0.6 is 0 Å². The average molecular weight is 1030 g/mol. The second-order valence-corrected chi connectivity index (χ2v) is 20.8. The number of ether oxygens (including phenoxy) is 4. The van der Waals surface area contributed by atoms with Gasteiger partial charge < -0.3 is 65.1 Å². The third-order valence-corrected chi connectivity index (χ3v) is 14.3. The number of aliphatic hydroxyl groups excluding tert-OH is 8. The number of nitrogens with one attached hydrogen (secondary N) is 1. The quantitative estimate of drug-likeness (QED) is 0.0205. The molecule has 422 valence electrons. The second kappa shape index (κ2) is 44.3. The molecule has 12 unspecified atom stereocenters. The molecule has 0 aliphatic carbocycles. The zero-order chi connectivity index (χ0) is 52.4. The standard InChI is InChI=1S/C58H107NO13/c1-3-5-7-9-11-13-15-16-17-18-19-20-21-22-23-24-25-26-27-28-29-30-32-33-35-37-39-41-47(62)46(59-50(63)42-40-38-36-34-31-14-12-10-8-6-4-2)45-69-57-55(68)53(66)56(49(44-61)71-57)72-58-54(67)52(65)51(64)48(43-60)70-58/h10,12,32-33,39,41,46-49,51-58,60-62,64-68H,3-9,11,13-31,34-38,40,42-45H2,1-2H3,(H,59,63)/b12-10-,33-32+,41-39+. The van der Waals surface area contributed by atoms with Gasteiger partial charge in [0.15, 0.2) is 12.6 Å². The first kappa shape index (κ1) is 66.3. The van der Waals surface area contributed by atoms with Crippen LogP contribution in [0.3, 0.4) is 0 Å². The van der Waals surface area contributed by atoms with E-state index in [4.69, 9.17) is 18.9 Å². The maximum absolute atomic E-state index is 13.2. The van der Waals surface area contributed by atoms with Gasteiger partial charge in [0.25, 0.3) is 0 Å². The van der Waals surface area contributed by atoms with E-state index in [1.54, 1.807) is 6.08 Å². The number of unbranched alkanes of at least 4 members (excludes halogenated alkanes) is 29. The van der Waals surface area contributed by atoms with E-state index in [0.717, 1.165) is 51.4 Å². The molecule has 2 fully saturated rings. The minimum Gasteiger partial charge on any atom is -0.394 e. The summed E-state index contributed by atoms with van der Waals surface area (Å²) in [5.74, 6) is -0.260. The zero-order valence-corrected chi connectivity index (χ0v) is 45.2. The molecule has 2 heterocycles. The van der Waals surface area contributed by atoms with Crippen LogP contribution in [0.5, 0.6) is 0 Å². The van der Waals surface area contributed by atoms with Gasteiger partial charge in [0, 0.05) is 6.42 Å². The summed E-state index contributed by atoms with van der Waals surface area (Å²) in [6.07, 6.45) is 36.4. The lowest BCUT2D eigenvalue weighted by Crippen LogP contribution is -2.65. The Morgan fingerprint density at radius 1 is 0.486 bits per heavy atom. The van der Waals surface area contributed by atoms with Crippen molar-refractivity contribution in [3.8, 4) is 0 Å². The molecule has 0 aromatic heterocycles. The summed E-state index contributed by atoms with van der Waals surface area (Å²) in [5, 5.41) is 86.8. The van der Waals surface area contributed by atoms with E-state index in [1.165, 1.54) is 148 Å². The van der Waals surface area contributed by atoms with Gasteiger partial charge >= 0.3 is 0 Å². The second-order valence-electron chi connectivity index (χ2n) is 20.8. The lowest BCUT2D eigenvalue weighted by atomic mass is 9.97. The van der Waals surface area contributed by atoms with Crippen molar-refractivity contribution in [2.45, 2.75) is 306 Å². The Balaban J connectivity index is 1.73. The van der Waals surface area contributed by atoms with Crippen LogP contribution in [-0.4, -0.2) is 140 Å². The monoisotopic (exact) mass is 1030 g/mol. The molecule has 0 aromatic rings. The molecule has 14 heteroatoms. The van der Waals surface area contributed by atoms with Gasteiger partial charge in [-0.25, -0.2) is 0 Å². The molecule has 2 saturated heterocycles. The molecule has 2 rings (SSSR count). The van der Waals surface area contributed by atoms with Gasteiger partial charge in [-0.1, -0.05) is 211 Å². The SMILES string of the molecule is CCCC/C=C\CCCCCCCC(=O)NC(COC1OC(CO)C(OC2OC(CO)C(O)C(O)C2O)C(O)C1O)C(O)/C=C/CC/C=C/CCCCCCCCCCCCCCCCCCCCCCC. The molecular formula is C58H107NO13. The summed E-state index contributed by atoms with van der Waals surface area (Å²) in [6, 6.07) is -0.934. The Hall–Kier alpha value is -1.79. The summed E-state index contributed by atoms with van der Waals surface area (Å²) in [6.45, 7) is 2.73. The minimum atomic E-state index is -1.79. The van der Waals surface area contributed by atoms with E-state index in [1.807, 2.05) is 6.08 Å². The number of amides is 1.